The van der Waals surface area contributed by atoms with E-state index < -0.39 is 11.6 Å². The quantitative estimate of drug-likeness (QED) is 0.402. The number of aliphatic imine (C=N–C) groups is 1. The van der Waals surface area contributed by atoms with Crippen molar-refractivity contribution < 1.29 is 8.78 Å². The van der Waals surface area contributed by atoms with Gasteiger partial charge in [0.25, 0.3) is 0 Å². The number of nitrogens with one attached hydrogen (secondary N) is 2. The van der Waals surface area contributed by atoms with Gasteiger partial charge in [0.2, 0.25) is 0 Å². The predicted molar refractivity (Wildman–Crippen MR) is 147 cm³/mol. The SMILES string of the molecule is C/C(=C(\N=C/C=N)c1ccc2ncc(NCCN3CCN(C(C)C)CC3)cc2n1)c1ccc(F)c(F)c1. The number of benzene rings is 1. The highest BCUT2D eigenvalue weighted by molar-refractivity contribution is 6.16. The molecule has 0 aliphatic carbocycles. The van der Waals surface area contributed by atoms with E-state index in [2.05, 4.69) is 38.9 Å². The van der Waals surface area contributed by atoms with E-state index in [0.29, 0.717) is 34.1 Å². The molecule has 0 spiro atoms. The summed E-state index contributed by atoms with van der Waals surface area (Å²) in [4.78, 5) is 18.6. The van der Waals surface area contributed by atoms with Crippen molar-refractivity contribution in [3.05, 3.63) is 65.5 Å². The monoisotopic (exact) mass is 505 g/mol. The summed E-state index contributed by atoms with van der Waals surface area (Å²) in [6.45, 7) is 12.4. The van der Waals surface area contributed by atoms with Crippen molar-refractivity contribution >= 4 is 40.4 Å². The highest BCUT2D eigenvalue weighted by Crippen LogP contribution is 2.28. The minimum atomic E-state index is -0.930. The summed E-state index contributed by atoms with van der Waals surface area (Å²) in [5, 5.41) is 10.8. The lowest BCUT2D eigenvalue weighted by Crippen LogP contribution is -2.49. The average Bonchev–Trinajstić information content (AvgIpc) is 2.90. The molecule has 2 N–H and O–H groups in total. The van der Waals surface area contributed by atoms with Gasteiger partial charge >= 0.3 is 0 Å². The van der Waals surface area contributed by atoms with Crippen molar-refractivity contribution in [2.45, 2.75) is 26.8 Å². The van der Waals surface area contributed by atoms with Gasteiger partial charge in [-0.05, 0) is 62.2 Å². The number of hydrogen-bond donors (Lipinski definition) is 2. The number of halogens is 2. The van der Waals surface area contributed by atoms with Crippen molar-refractivity contribution in [1.29, 1.82) is 5.41 Å². The van der Waals surface area contributed by atoms with E-state index in [4.69, 9.17) is 10.4 Å². The Kier molecular flexibility index (Phi) is 8.68. The number of pyridine rings is 2. The molecule has 194 valence electrons. The van der Waals surface area contributed by atoms with Gasteiger partial charge in [0, 0.05) is 57.7 Å². The number of aromatic nitrogens is 2. The Hall–Kier alpha value is -3.56. The minimum absolute atomic E-state index is 0.468. The van der Waals surface area contributed by atoms with Crippen LogP contribution >= 0.6 is 0 Å². The van der Waals surface area contributed by atoms with Crippen molar-refractivity contribution in [1.82, 2.24) is 19.8 Å². The Labute approximate surface area is 216 Å². The van der Waals surface area contributed by atoms with Crippen molar-refractivity contribution in [3.8, 4) is 0 Å². The van der Waals surface area contributed by atoms with E-state index in [1.807, 2.05) is 12.1 Å². The summed E-state index contributed by atoms with van der Waals surface area (Å²) in [5.74, 6) is -1.84. The molecule has 0 amide bonds. The van der Waals surface area contributed by atoms with Crippen LogP contribution in [-0.2, 0) is 0 Å². The highest BCUT2D eigenvalue weighted by Gasteiger charge is 2.18. The Bertz CT molecular complexity index is 1310. The number of hydrogen-bond acceptors (Lipinski definition) is 7. The van der Waals surface area contributed by atoms with E-state index in [-0.39, 0.29) is 0 Å². The maximum absolute atomic E-state index is 13.9. The molecule has 7 nitrogen and oxygen atoms in total. The lowest BCUT2D eigenvalue weighted by atomic mass is 10.0. The number of fused-ring (bicyclic) bond motifs is 1. The van der Waals surface area contributed by atoms with Crippen LogP contribution in [0.1, 0.15) is 32.0 Å². The van der Waals surface area contributed by atoms with Crippen LogP contribution in [0.3, 0.4) is 0 Å². The zero-order valence-corrected chi connectivity index (χ0v) is 21.5. The third-order valence-corrected chi connectivity index (χ3v) is 6.66. The van der Waals surface area contributed by atoms with Crippen LogP contribution in [-0.4, -0.2) is 77.5 Å². The van der Waals surface area contributed by atoms with Crippen molar-refractivity contribution in [2.75, 3.05) is 44.6 Å². The minimum Gasteiger partial charge on any atom is -0.382 e. The van der Waals surface area contributed by atoms with Crippen molar-refractivity contribution in [2.24, 2.45) is 4.99 Å². The first-order valence-electron chi connectivity index (χ1n) is 12.5. The average molecular weight is 506 g/mol. The third-order valence-electron chi connectivity index (χ3n) is 6.66. The fraction of sp³-hybridized carbons (Fsp3) is 0.357. The smallest absolute Gasteiger partial charge is 0.159 e. The first kappa shape index (κ1) is 26.5. The normalized spacial score (nSPS) is 15.9. The van der Waals surface area contributed by atoms with Crippen LogP contribution in [0.25, 0.3) is 22.3 Å². The Morgan fingerprint density at radius 1 is 1.08 bits per heavy atom. The van der Waals surface area contributed by atoms with E-state index >= 15 is 0 Å². The molecule has 4 rings (SSSR count). The summed E-state index contributed by atoms with van der Waals surface area (Å²) in [6.07, 6.45) is 4.20. The Morgan fingerprint density at radius 2 is 1.86 bits per heavy atom. The molecular weight excluding hydrogens is 472 g/mol. The third kappa shape index (κ3) is 6.61. The molecule has 1 fully saturated rings. The van der Waals surface area contributed by atoms with Gasteiger partial charge in [-0.3, -0.25) is 19.8 Å². The van der Waals surface area contributed by atoms with E-state index in [9.17, 15) is 8.78 Å². The molecule has 1 aliphatic rings. The largest absolute Gasteiger partial charge is 0.382 e. The molecule has 0 bridgehead atoms. The molecule has 2 aromatic heterocycles. The van der Waals surface area contributed by atoms with Crippen LogP contribution in [0.15, 0.2) is 47.6 Å². The fourth-order valence-corrected chi connectivity index (χ4v) is 4.43. The second kappa shape index (κ2) is 12.1. The van der Waals surface area contributed by atoms with Crippen LogP contribution in [0.4, 0.5) is 14.5 Å². The maximum atomic E-state index is 13.9. The van der Waals surface area contributed by atoms with Crippen LogP contribution in [0.2, 0.25) is 0 Å². The second-order valence-corrected chi connectivity index (χ2v) is 9.40. The second-order valence-electron chi connectivity index (χ2n) is 9.40. The molecule has 0 unspecified atom stereocenters. The van der Waals surface area contributed by atoms with Gasteiger partial charge < -0.3 is 10.7 Å². The van der Waals surface area contributed by atoms with E-state index in [0.717, 1.165) is 68.8 Å². The summed E-state index contributed by atoms with van der Waals surface area (Å²) in [5.41, 5.74) is 4.42. The van der Waals surface area contributed by atoms with Crippen molar-refractivity contribution in [3.63, 3.8) is 0 Å². The summed E-state index contributed by atoms with van der Waals surface area (Å²) in [6, 6.07) is 9.92. The van der Waals surface area contributed by atoms with E-state index in [1.54, 1.807) is 19.2 Å². The standard InChI is InChI=1S/C28H33F2N7/c1-19(2)37-14-12-36(13-15-37)11-10-32-22-17-27-25(34-18-22)6-7-26(35-27)28(33-9-8-31)20(3)21-4-5-23(29)24(30)16-21/h4-9,16-19,31-32H,10-15H2,1-3H3/b28-20+,31-8?,33-9-. The molecule has 1 saturated heterocycles. The van der Waals surface area contributed by atoms with Gasteiger partial charge in [0.15, 0.2) is 11.6 Å². The number of nitrogens with zero attached hydrogens (tertiary/aromatic N) is 5. The lowest BCUT2D eigenvalue weighted by Gasteiger charge is -2.36. The summed E-state index contributed by atoms with van der Waals surface area (Å²) >= 11 is 0. The molecule has 1 aliphatic heterocycles. The highest BCUT2D eigenvalue weighted by atomic mass is 19.2. The lowest BCUT2D eigenvalue weighted by molar-refractivity contribution is 0.111. The van der Waals surface area contributed by atoms with Crippen LogP contribution in [0.5, 0.6) is 0 Å². The summed E-state index contributed by atoms with van der Waals surface area (Å²) in [7, 11) is 0. The van der Waals surface area contributed by atoms with Gasteiger partial charge in [-0.1, -0.05) is 6.07 Å². The first-order valence-corrected chi connectivity index (χ1v) is 12.5. The molecule has 37 heavy (non-hydrogen) atoms. The zero-order valence-electron chi connectivity index (χ0n) is 21.5. The molecule has 1 aromatic carbocycles. The number of anilines is 1. The molecule has 3 aromatic rings. The molecule has 0 atom stereocenters. The van der Waals surface area contributed by atoms with Gasteiger partial charge in [-0.2, -0.15) is 0 Å². The molecule has 0 radical (unpaired) electrons. The first-order chi connectivity index (χ1) is 17.9. The number of rotatable bonds is 9. The fourth-order valence-electron chi connectivity index (χ4n) is 4.43. The molecule has 3 heterocycles. The van der Waals surface area contributed by atoms with Gasteiger partial charge in [-0.25, -0.2) is 13.8 Å². The number of allylic oxidation sites excluding steroid dienone is 1. The van der Waals surface area contributed by atoms with Gasteiger partial charge in [-0.15, -0.1) is 0 Å². The van der Waals surface area contributed by atoms with E-state index in [1.165, 1.54) is 12.3 Å². The summed E-state index contributed by atoms with van der Waals surface area (Å²) < 4.78 is 27.3. The predicted octanol–water partition coefficient (Wildman–Crippen LogP) is 4.95. The van der Waals surface area contributed by atoms with Crippen LogP contribution < -0.4 is 5.32 Å². The van der Waals surface area contributed by atoms with Gasteiger partial charge in [0.1, 0.15) is 0 Å². The topological polar surface area (TPSA) is 80.5 Å². The number of piperazine rings is 1. The molecule has 0 saturated carbocycles. The maximum Gasteiger partial charge on any atom is 0.159 e. The molecule has 9 heteroatoms. The Morgan fingerprint density at radius 3 is 2.57 bits per heavy atom. The molecular formula is C28H33F2N7. The Balaban J connectivity index is 1.52. The van der Waals surface area contributed by atoms with Gasteiger partial charge in [0.05, 0.1) is 34.3 Å². The van der Waals surface area contributed by atoms with Crippen LogP contribution in [0, 0.1) is 17.0 Å². The zero-order chi connectivity index (χ0) is 26.4.